The van der Waals surface area contributed by atoms with E-state index in [1.807, 2.05) is 14.1 Å². The molecule has 0 aliphatic rings. The Bertz CT molecular complexity index is 117. The van der Waals surface area contributed by atoms with E-state index in [2.05, 4.69) is 40.8 Å². The van der Waals surface area contributed by atoms with E-state index < -0.39 is 16.8 Å². The minimum absolute atomic E-state index is 1.15. The zero-order chi connectivity index (χ0) is 9.12. The SMILES string of the molecule is CN[Si](C)(NC)N[Si](C)(C)C. The van der Waals surface area contributed by atoms with E-state index in [0.29, 0.717) is 0 Å². The molecule has 0 amide bonds. The maximum Gasteiger partial charge on any atom is 0.271 e. The number of nitrogens with one attached hydrogen (secondary N) is 3. The van der Waals surface area contributed by atoms with Crippen molar-refractivity contribution in [1.82, 2.24) is 14.6 Å². The van der Waals surface area contributed by atoms with E-state index in [1.54, 1.807) is 0 Å². The molecule has 0 rings (SSSR count). The van der Waals surface area contributed by atoms with Crippen molar-refractivity contribution in [1.29, 1.82) is 0 Å². The summed E-state index contributed by atoms with van der Waals surface area (Å²) in [5.41, 5.74) is 0. The molecule has 0 radical (unpaired) electrons. The lowest BCUT2D eigenvalue weighted by Gasteiger charge is -2.33. The minimum atomic E-state index is -1.52. The van der Waals surface area contributed by atoms with Gasteiger partial charge in [-0.15, -0.1) is 0 Å². The van der Waals surface area contributed by atoms with Crippen molar-refractivity contribution < 1.29 is 0 Å². The number of hydrogen-bond acceptors (Lipinski definition) is 3. The first-order chi connectivity index (χ1) is 4.83. The van der Waals surface area contributed by atoms with Crippen LogP contribution in [0.1, 0.15) is 0 Å². The Balaban J connectivity index is 4.08. The molecule has 68 valence electrons. The highest BCUT2D eigenvalue weighted by Crippen LogP contribution is 1.98. The van der Waals surface area contributed by atoms with Crippen LogP contribution in [-0.4, -0.2) is 30.9 Å². The fourth-order valence-electron chi connectivity index (χ4n) is 1.00. The molecule has 5 heteroatoms. The Morgan fingerprint density at radius 2 is 1.18 bits per heavy atom. The fourth-order valence-corrected chi connectivity index (χ4v) is 8.25. The normalized spacial score (nSPS) is 13.6. The Kier molecular flexibility index (Phi) is 3.92. The van der Waals surface area contributed by atoms with Crippen LogP contribution in [0.25, 0.3) is 0 Å². The van der Waals surface area contributed by atoms with Crippen LogP contribution >= 0.6 is 0 Å². The van der Waals surface area contributed by atoms with Crippen LogP contribution in [0.15, 0.2) is 0 Å². The molecule has 11 heavy (non-hydrogen) atoms. The standard InChI is InChI=1S/C6H21N3Si2/c1-7-11(6,8-2)9-10(3,4)5/h7-9H,1-6H3. The lowest BCUT2D eigenvalue weighted by atomic mass is 11.6. The van der Waals surface area contributed by atoms with Crippen molar-refractivity contribution in [2.45, 2.75) is 26.2 Å². The van der Waals surface area contributed by atoms with Crippen LogP contribution in [-0.2, 0) is 0 Å². The summed E-state index contributed by atoms with van der Waals surface area (Å²) < 4.78 is 3.69. The first-order valence-electron chi connectivity index (χ1n) is 4.00. The quantitative estimate of drug-likeness (QED) is 0.564. The van der Waals surface area contributed by atoms with Gasteiger partial charge in [-0.2, -0.15) is 0 Å². The zero-order valence-corrected chi connectivity index (χ0v) is 10.5. The van der Waals surface area contributed by atoms with Gasteiger partial charge in [0.05, 0.1) is 0 Å². The summed E-state index contributed by atoms with van der Waals surface area (Å²) >= 11 is 0. The molecular formula is C6H21N3Si2. The zero-order valence-electron chi connectivity index (χ0n) is 8.50. The van der Waals surface area contributed by atoms with Gasteiger partial charge in [0, 0.05) is 0 Å². The maximum atomic E-state index is 3.69. The van der Waals surface area contributed by atoms with Gasteiger partial charge in [0.2, 0.25) is 0 Å². The van der Waals surface area contributed by atoms with Gasteiger partial charge in [-0.3, -0.25) is 0 Å². The summed E-state index contributed by atoms with van der Waals surface area (Å²) in [5.74, 6) is 0. The van der Waals surface area contributed by atoms with Gasteiger partial charge in [0.25, 0.3) is 8.56 Å². The minimum Gasteiger partial charge on any atom is -0.335 e. The van der Waals surface area contributed by atoms with Crippen LogP contribution in [0.4, 0.5) is 0 Å². The molecule has 0 saturated carbocycles. The third-order valence-electron chi connectivity index (χ3n) is 1.62. The van der Waals surface area contributed by atoms with Crippen molar-refractivity contribution >= 4 is 16.8 Å². The molecule has 0 bridgehead atoms. The Labute approximate surface area is 72.3 Å². The third kappa shape index (κ3) is 4.70. The molecule has 0 aromatic carbocycles. The molecule has 0 spiro atoms. The fraction of sp³-hybridized carbons (Fsp3) is 1.00. The van der Waals surface area contributed by atoms with E-state index in [1.165, 1.54) is 0 Å². The van der Waals surface area contributed by atoms with Gasteiger partial charge in [-0.25, -0.2) is 0 Å². The van der Waals surface area contributed by atoms with E-state index in [0.717, 1.165) is 0 Å². The largest absolute Gasteiger partial charge is 0.335 e. The van der Waals surface area contributed by atoms with Crippen molar-refractivity contribution in [2.75, 3.05) is 14.1 Å². The Morgan fingerprint density at radius 3 is 1.27 bits per heavy atom. The highest BCUT2D eigenvalue weighted by molar-refractivity contribution is 6.88. The van der Waals surface area contributed by atoms with E-state index in [-0.39, 0.29) is 0 Å². The van der Waals surface area contributed by atoms with Gasteiger partial charge in [0.1, 0.15) is 8.24 Å². The monoisotopic (exact) mass is 191 g/mol. The second kappa shape index (κ2) is 3.82. The molecule has 0 fully saturated rings. The smallest absolute Gasteiger partial charge is 0.271 e. The predicted octanol–water partition coefficient (Wildman–Crippen LogP) is 0.418. The second-order valence-electron chi connectivity index (χ2n) is 4.00. The topological polar surface area (TPSA) is 36.1 Å². The maximum absolute atomic E-state index is 3.69. The predicted molar refractivity (Wildman–Crippen MR) is 56.2 cm³/mol. The molecule has 3 N–H and O–H groups in total. The van der Waals surface area contributed by atoms with Gasteiger partial charge >= 0.3 is 0 Å². The van der Waals surface area contributed by atoms with Crippen LogP contribution in [0, 0.1) is 0 Å². The number of hydrogen-bond donors (Lipinski definition) is 3. The lowest BCUT2D eigenvalue weighted by molar-refractivity contribution is 0.965. The van der Waals surface area contributed by atoms with Crippen LogP contribution < -0.4 is 14.6 Å². The van der Waals surface area contributed by atoms with Gasteiger partial charge in [-0.05, 0) is 20.6 Å². The molecule has 0 saturated heterocycles. The van der Waals surface area contributed by atoms with Gasteiger partial charge < -0.3 is 14.6 Å². The van der Waals surface area contributed by atoms with Crippen molar-refractivity contribution in [2.24, 2.45) is 0 Å². The average Bonchev–Trinajstić information content (AvgIpc) is 1.84. The summed E-state index contributed by atoms with van der Waals surface area (Å²) in [6, 6.07) is 0. The summed E-state index contributed by atoms with van der Waals surface area (Å²) in [4.78, 5) is 6.67. The molecular weight excluding hydrogens is 170 g/mol. The van der Waals surface area contributed by atoms with Gasteiger partial charge in [-0.1, -0.05) is 19.6 Å². The summed E-state index contributed by atoms with van der Waals surface area (Å²) in [5, 5.41) is 0. The summed E-state index contributed by atoms with van der Waals surface area (Å²) in [6.45, 7) is 9.18. The summed E-state index contributed by atoms with van der Waals surface area (Å²) in [6.07, 6.45) is 0. The molecule has 0 aliphatic heterocycles. The Hall–Kier alpha value is 0.314. The average molecular weight is 191 g/mol. The lowest BCUT2D eigenvalue weighted by Crippen LogP contribution is -2.73. The molecule has 0 heterocycles. The molecule has 3 nitrogen and oxygen atoms in total. The summed E-state index contributed by atoms with van der Waals surface area (Å²) in [7, 11) is 1.35. The van der Waals surface area contributed by atoms with Crippen LogP contribution in [0.3, 0.4) is 0 Å². The second-order valence-corrected chi connectivity index (χ2v) is 12.8. The number of rotatable bonds is 4. The van der Waals surface area contributed by atoms with E-state index in [4.69, 9.17) is 0 Å². The van der Waals surface area contributed by atoms with Crippen molar-refractivity contribution in [3.8, 4) is 0 Å². The van der Waals surface area contributed by atoms with E-state index >= 15 is 0 Å². The molecule has 0 atom stereocenters. The van der Waals surface area contributed by atoms with Gasteiger partial charge in [0.15, 0.2) is 0 Å². The highest BCUT2D eigenvalue weighted by atomic mass is 28.4. The molecule has 0 aromatic rings. The first-order valence-corrected chi connectivity index (χ1v) is 10.0. The first kappa shape index (κ1) is 11.3. The van der Waals surface area contributed by atoms with Crippen LogP contribution in [0.5, 0.6) is 0 Å². The molecule has 0 aliphatic carbocycles. The van der Waals surface area contributed by atoms with Crippen molar-refractivity contribution in [3.05, 3.63) is 0 Å². The third-order valence-corrected chi connectivity index (χ3v) is 8.62. The molecule has 0 aromatic heterocycles. The van der Waals surface area contributed by atoms with E-state index in [9.17, 15) is 0 Å². The Morgan fingerprint density at radius 1 is 0.818 bits per heavy atom. The highest BCUT2D eigenvalue weighted by Gasteiger charge is 2.29. The molecule has 0 unspecified atom stereocenters. The van der Waals surface area contributed by atoms with Crippen LogP contribution in [0.2, 0.25) is 26.2 Å². The van der Waals surface area contributed by atoms with Crippen molar-refractivity contribution in [3.63, 3.8) is 0 Å².